The molecule has 2 aliphatic carbocycles. The average molecular weight is 494 g/mol. The van der Waals surface area contributed by atoms with E-state index in [1.807, 2.05) is 23.1 Å². The molecule has 2 atom stereocenters. The van der Waals surface area contributed by atoms with Crippen LogP contribution < -0.4 is 5.73 Å². The van der Waals surface area contributed by atoms with Crippen LogP contribution in [-0.2, 0) is 16.0 Å². The van der Waals surface area contributed by atoms with Gasteiger partial charge in [-0.05, 0) is 80.2 Å². The number of fused-ring (bicyclic) bond motifs is 1. The topological polar surface area (TPSA) is 116 Å². The number of likely N-dealkylation sites (tertiary alicyclic amines) is 1. The molecule has 194 valence electrons. The fraction of sp³-hybridized carbons (Fsp3) is 0.621. The fourth-order valence-electron chi connectivity index (χ4n) is 7.12. The summed E-state index contributed by atoms with van der Waals surface area (Å²) in [5, 5.41) is 10.1. The van der Waals surface area contributed by atoms with Crippen LogP contribution in [-0.4, -0.2) is 51.8 Å². The van der Waals surface area contributed by atoms with E-state index in [9.17, 15) is 19.5 Å². The maximum Gasteiger partial charge on any atom is 0.352 e. The molecule has 4 N–H and O–H groups in total. The number of ketones is 1. The Bertz CT molecular complexity index is 1110. The van der Waals surface area contributed by atoms with Gasteiger partial charge < -0.3 is 20.7 Å². The van der Waals surface area contributed by atoms with Gasteiger partial charge in [0.1, 0.15) is 5.69 Å². The predicted molar refractivity (Wildman–Crippen MR) is 139 cm³/mol. The fourth-order valence-corrected chi connectivity index (χ4v) is 7.12. The molecule has 1 saturated heterocycles. The van der Waals surface area contributed by atoms with Gasteiger partial charge in [-0.15, -0.1) is 0 Å². The zero-order chi connectivity index (χ0) is 25.2. The van der Waals surface area contributed by atoms with Gasteiger partial charge in [0.05, 0.1) is 6.04 Å². The number of hydrogen-bond acceptors (Lipinski definition) is 4. The predicted octanol–water partition coefficient (Wildman–Crippen LogP) is 4.54. The van der Waals surface area contributed by atoms with Crippen molar-refractivity contribution in [2.45, 2.75) is 76.7 Å². The van der Waals surface area contributed by atoms with E-state index in [2.05, 4.69) is 4.98 Å². The molecule has 0 bridgehead atoms. The molecule has 36 heavy (non-hydrogen) atoms. The van der Waals surface area contributed by atoms with Gasteiger partial charge in [-0.25, -0.2) is 4.79 Å². The standard InChI is InChI=1S/C29H39N3O4/c30-17-18-6-9-21(10-7-18)28(34)32-13-12-23(20-4-2-1-3-5-20)27(32)26(33)15-19-8-11-24-22(14-19)16-25(31-24)29(35)36/h8,11,14,16,18,20-21,23,27,31H,1-7,9-10,12-13,15,17,30H2,(H,35,36)/t18?,21?,23-,27-/m0/s1. The zero-order valence-electron chi connectivity index (χ0n) is 21.1. The second-order valence-electron chi connectivity index (χ2n) is 11.3. The number of aromatic amines is 1. The first kappa shape index (κ1) is 25.0. The van der Waals surface area contributed by atoms with Crippen LogP contribution in [0.1, 0.15) is 80.3 Å². The summed E-state index contributed by atoms with van der Waals surface area (Å²) in [7, 11) is 0. The molecule has 1 aromatic carbocycles. The van der Waals surface area contributed by atoms with E-state index in [1.54, 1.807) is 6.07 Å². The summed E-state index contributed by atoms with van der Waals surface area (Å²) < 4.78 is 0. The minimum absolute atomic E-state index is 0.0128. The first-order chi connectivity index (χ1) is 17.4. The lowest BCUT2D eigenvalue weighted by molar-refractivity contribution is -0.143. The van der Waals surface area contributed by atoms with Crippen molar-refractivity contribution in [2.24, 2.45) is 29.4 Å². The molecule has 2 aromatic rings. The average Bonchev–Trinajstić information content (AvgIpc) is 3.54. The van der Waals surface area contributed by atoms with E-state index in [0.29, 0.717) is 24.9 Å². The second-order valence-corrected chi connectivity index (χ2v) is 11.3. The van der Waals surface area contributed by atoms with Crippen LogP contribution in [0, 0.1) is 23.7 Å². The lowest BCUT2D eigenvalue weighted by atomic mass is 9.75. The number of benzene rings is 1. The number of nitrogens with two attached hydrogens (primary N) is 1. The smallest absolute Gasteiger partial charge is 0.352 e. The molecule has 1 aromatic heterocycles. The Morgan fingerprint density at radius 1 is 0.972 bits per heavy atom. The van der Waals surface area contributed by atoms with E-state index in [4.69, 9.17) is 5.73 Å². The number of carbonyl (C=O) groups excluding carboxylic acids is 2. The molecule has 2 saturated carbocycles. The molecular weight excluding hydrogens is 454 g/mol. The number of aromatic carboxylic acids is 1. The summed E-state index contributed by atoms with van der Waals surface area (Å²) in [5.74, 6) is 0.596. The number of hydrogen-bond donors (Lipinski definition) is 3. The van der Waals surface area contributed by atoms with E-state index in [-0.39, 0.29) is 41.7 Å². The van der Waals surface area contributed by atoms with E-state index in [1.165, 1.54) is 19.3 Å². The number of nitrogens with zero attached hydrogens (tertiary/aromatic N) is 1. The minimum atomic E-state index is -1.00. The maximum atomic E-state index is 13.9. The summed E-state index contributed by atoms with van der Waals surface area (Å²) in [5.41, 5.74) is 7.62. The van der Waals surface area contributed by atoms with Crippen molar-refractivity contribution in [3.8, 4) is 0 Å². The van der Waals surface area contributed by atoms with Crippen molar-refractivity contribution in [1.29, 1.82) is 0 Å². The molecule has 0 radical (unpaired) electrons. The number of rotatable bonds is 7. The van der Waals surface area contributed by atoms with Crippen LogP contribution in [0.3, 0.4) is 0 Å². The normalized spacial score (nSPS) is 27.4. The van der Waals surface area contributed by atoms with Crippen molar-refractivity contribution < 1.29 is 19.5 Å². The number of Topliss-reactive ketones (excluding diaryl/α,β-unsaturated/α-hetero) is 1. The molecular formula is C29H39N3O4. The summed E-state index contributed by atoms with van der Waals surface area (Å²) in [6.45, 7) is 1.38. The number of carbonyl (C=O) groups is 3. The highest BCUT2D eigenvalue weighted by Gasteiger charge is 2.46. The molecule has 3 fully saturated rings. The van der Waals surface area contributed by atoms with Gasteiger partial charge in [0.2, 0.25) is 5.91 Å². The minimum Gasteiger partial charge on any atom is -0.477 e. The second kappa shape index (κ2) is 10.8. The van der Waals surface area contributed by atoms with Gasteiger partial charge in [0.15, 0.2) is 5.78 Å². The quantitative estimate of drug-likeness (QED) is 0.524. The lowest BCUT2D eigenvalue weighted by Crippen LogP contribution is -2.48. The Labute approximate surface area is 212 Å². The van der Waals surface area contributed by atoms with Crippen molar-refractivity contribution >= 4 is 28.6 Å². The van der Waals surface area contributed by atoms with Crippen LogP contribution in [0.5, 0.6) is 0 Å². The molecule has 0 unspecified atom stereocenters. The molecule has 1 aliphatic heterocycles. The maximum absolute atomic E-state index is 13.9. The number of amides is 1. The Morgan fingerprint density at radius 2 is 1.72 bits per heavy atom. The molecule has 2 heterocycles. The number of aromatic nitrogens is 1. The molecule has 7 heteroatoms. The molecule has 5 rings (SSSR count). The van der Waals surface area contributed by atoms with Gasteiger partial charge in [0, 0.05) is 29.8 Å². The van der Waals surface area contributed by atoms with Crippen LogP contribution in [0.25, 0.3) is 10.9 Å². The highest BCUT2D eigenvalue weighted by atomic mass is 16.4. The third-order valence-electron chi connectivity index (χ3n) is 9.14. The lowest BCUT2D eigenvalue weighted by Gasteiger charge is -2.36. The van der Waals surface area contributed by atoms with Crippen LogP contribution in [0.2, 0.25) is 0 Å². The molecule has 7 nitrogen and oxygen atoms in total. The largest absolute Gasteiger partial charge is 0.477 e. The summed E-state index contributed by atoms with van der Waals surface area (Å²) in [6.07, 6.45) is 11.0. The Kier molecular flexibility index (Phi) is 7.47. The van der Waals surface area contributed by atoms with E-state index >= 15 is 0 Å². The van der Waals surface area contributed by atoms with Crippen LogP contribution >= 0.6 is 0 Å². The Hall–Kier alpha value is -2.67. The van der Waals surface area contributed by atoms with Gasteiger partial charge in [-0.1, -0.05) is 38.2 Å². The highest BCUT2D eigenvalue weighted by Crippen LogP contribution is 2.41. The van der Waals surface area contributed by atoms with E-state index in [0.717, 1.165) is 61.4 Å². The SMILES string of the molecule is NCC1CCC(C(=O)N2CC[C@@H](C3CCCCC3)[C@H]2C(=O)Cc2ccc3[nH]c(C(=O)O)cc3c2)CC1. The van der Waals surface area contributed by atoms with Crippen molar-refractivity contribution in [3.05, 3.63) is 35.5 Å². The Morgan fingerprint density at radius 3 is 2.42 bits per heavy atom. The zero-order valence-corrected chi connectivity index (χ0v) is 21.1. The first-order valence-corrected chi connectivity index (χ1v) is 13.8. The summed E-state index contributed by atoms with van der Waals surface area (Å²) in [4.78, 5) is 43.8. The summed E-state index contributed by atoms with van der Waals surface area (Å²) >= 11 is 0. The van der Waals surface area contributed by atoms with Gasteiger partial charge in [-0.3, -0.25) is 9.59 Å². The van der Waals surface area contributed by atoms with Crippen molar-refractivity contribution in [2.75, 3.05) is 13.1 Å². The van der Waals surface area contributed by atoms with Crippen molar-refractivity contribution in [1.82, 2.24) is 9.88 Å². The number of carboxylic acids is 1. The van der Waals surface area contributed by atoms with Crippen LogP contribution in [0.15, 0.2) is 24.3 Å². The van der Waals surface area contributed by atoms with Crippen molar-refractivity contribution in [3.63, 3.8) is 0 Å². The summed E-state index contributed by atoms with van der Waals surface area (Å²) in [6, 6.07) is 6.91. The first-order valence-electron chi connectivity index (χ1n) is 13.8. The Balaban J connectivity index is 1.36. The van der Waals surface area contributed by atoms with Gasteiger partial charge in [0.25, 0.3) is 0 Å². The molecule has 3 aliphatic rings. The monoisotopic (exact) mass is 493 g/mol. The third-order valence-corrected chi connectivity index (χ3v) is 9.14. The van der Waals surface area contributed by atoms with Gasteiger partial charge in [-0.2, -0.15) is 0 Å². The highest BCUT2D eigenvalue weighted by molar-refractivity contribution is 5.95. The van der Waals surface area contributed by atoms with E-state index < -0.39 is 5.97 Å². The number of nitrogens with one attached hydrogen (secondary N) is 1. The number of carboxylic acid groups (broad SMARTS) is 1. The third kappa shape index (κ3) is 5.08. The van der Waals surface area contributed by atoms with Gasteiger partial charge >= 0.3 is 5.97 Å². The molecule has 1 amide bonds. The molecule has 0 spiro atoms. The van der Waals surface area contributed by atoms with Crippen LogP contribution in [0.4, 0.5) is 0 Å². The number of H-pyrrole nitrogens is 1.